The van der Waals surface area contributed by atoms with Gasteiger partial charge in [0.25, 0.3) is 0 Å². The minimum atomic E-state index is -1.06. The summed E-state index contributed by atoms with van der Waals surface area (Å²) >= 11 is 0. The van der Waals surface area contributed by atoms with Gasteiger partial charge in [-0.2, -0.15) is 0 Å². The predicted octanol–water partition coefficient (Wildman–Crippen LogP) is 8.29. The van der Waals surface area contributed by atoms with Crippen LogP contribution >= 0.6 is 0 Å². The fourth-order valence-electron chi connectivity index (χ4n) is 6.69. The zero-order valence-corrected chi connectivity index (χ0v) is 28.2. The molecule has 9 heteroatoms. The van der Waals surface area contributed by atoms with Crippen LogP contribution in [-0.4, -0.2) is 45.1 Å². The van der Waals surface area contributed by atoms with Crippen LogP contribution in [0.4, 0.5) is 8.78 Å². The molecule has 1 aliphatic rings. The number of carboxylic acid groups (broad SMARTS) is 2. The molecule has 6 rings (SSSR count). The first-order valence-electron chi connectivity index (χ1n) is 17.2. The summed E-state index contributed by atoms with van der Waals surface area (Å²) in [6.45, 7) is 1.55. The SMILES string of the molecule is O=C(O)c1ccc(CCN(CCc2cc(F)ccc2OCc2ccc(CCc3ccc(F)cc3)cc2)C2CCCc3nc(C(=O)O)ccc32)cc1. The number of ether oxygens (including phenoxy) is 1. The Kier molecular flexibility index (Phi) is 11.5. The zero-order valence-electron chi connectivity index (χ0n) is 28.2. The smallest absolute Gasteiger partial charge is 0.354 e. The van der Waals surface area contributed by atoms with E-state index in [1.54, 1.807) is 36.4 Å². The van der Waals surface area contributed by atoms with Crippen molar-refractivity contribution in [2.45, 2.75) is 57.6 Å². The second kappa shape index (κ2) is 16.5. The van der Waals surface area contributed by atoms with Crippen molar-refractivity contribution in [3.63, 3.8) is 0 Å². The molecule has 2 N–H and O–H groups in total. The monoisotopic (exact) mass is 690 g/mol. The van der Waals surface area contributed by atoms with Crippen molar-refractivity contribution in [2.75, 3.05) is 13.1 Å². The average molecular weight is 691 g/mol. The molecule has 7 nitrogen and oxygen atoms in total. The first-order chi connectivity index (χ1) is 24.7. The minimum Gasteiger partial charge on any atom is -0.489 e. The van der Waals surface area contributed by atoms with Crippen LogP contribution in [0.15, 0.2) is 103 Å². The van der Waals surface area contributed by atoms with Crippen molar-refractivity contribution in [3.8, 4) is 5.75 Å². The molecule has 1 unspecified atom stereocenters. The van der Waals surface area contributed by atoms with E-state index in [0.29, 0.717) is 44.7 Å². The van der Waals surface area contributed by atoms with Crippen molar-refractivity contribution in [1.29, 1.82) is 0 Å². The summed E-state index contributed by atoms with van der Waals surface area (Å²) in [6, 6.07) is 29.6. The summed E-state index contributed by atoms with van der Waals surface area (Å²) in [4.78, 5) is 29.8. The average Bonchev–Trinajstić information content (AvgIpc) is 3.14. The van der Waals surface area contributed by atoms with Gasteiger partial charge >= 0.3 is 11.9 Å². The van der Waals surface area contributed by atoms with Gasteiger partial charge in [0.2, 0.25) is 0 Å². The van der Waals surface area contributed by atoms with Crippen molar-refractivity contribution < 1.29 is 33.3 Å². The van der Waals surface area contributed by atoms with E-state index in [-0.39, 0.29) is 28.9 Å². The van der Waals surface area contributed by atoms with Crippen LogP contribution in [-0.2, 0) is 38.7 Å². The standard InChI is InChI=1S/C42H40F2N2O5/c43-34-16-12-29(13-17-34)5-4-28-6-8-31(9-7-28)27-51-40-21-18-35(44)26-33(40)23-25-46(24-22-30-10-14-32(15-11-30)41(47)48)39-3-1-2-37-36(39)19-20-38(45-37)42(49)50/h6-21,26,39H,1-5,22-25,27H2,(H,47,48)(H,49,50). The minimum absolute atomic E-state index is 0.0121. The first kappa shape index (κ1) is 35.4. The van der Waals surface area contributed by atoms with Crippen LogP contribution in [0.1, 0.15) is 78.8 Å². The molecular formula is C42H40F2N2O5. The summed E-state index contributed by atoms with van der Waals surface area (Å²) in [5.74, 6) is -2.01. The van der Waals surface area contributed by atoms with E-state index >= 15 is 0 Å². The van der Waals surface area contributed by atoms with Crippen LogP contribution in [0.25, 0.3) is 0 Å². The molecule has 1 aromatic heterocycles. The van der Waals surface area contributed by atoms with Gasteiger partial charge in [0.1, 0.15) is 29.7 Å². The van der Waals surface area contributed by atoms with Gasteiger partial charge in [-0.3, -0.25) is 4.90 Å². The highest BCUT2D eigenvalue weighted by Crippen LogP contribution is 2.34. The fourth-order valence-corrected chi connectivity index (χ4v) is 6.69. The van der Waals surface area contributed by atoms with E-state index in [1.165, 1.54) is 29.8 Å². The Hall–Kier alpha value is -5.41. The van der Waals surface area contributed by atoms with Crippen molar-refractivity contribution in [2.24, 2.45) is 0 Å². The predicted molar refractivity (Wildman–Crippen MR) is 190 cm³/mol. The molecule has 0 saturated heterocycles. The van der Waals surface area contributed by atoms with Gasteiger partial charge in [0.05, 0.1) is 5.56 Å². The molecular weight excluding hydrogens is 650 g/mol. The molecule has 1 aliphatic carbocycles. The molecule has 0 fully saturated rings. The molecule has 51 heavy (non-hydrogen) atoms. The number of carboxylic acids is 2. The number of halogens is 2. The Morgan fingerprint density at radius 1 is 0.706 bits per heavy atom. The third kappa shape index (κ3) is 9.43. The molecule has 0 spiro atoms. The highest BCUT2D eigenvalue weighted by atomic mass is 19.1. The lowest BCUT2D eigenvalue weighted by atomic mass is 9.89. The first-order valence-corrected chi connectivity index (χ1v) is 17.2. The summed E-state index contributed by atoms with van der Waals surface area (Å²) in [5.41, 5.74) is 7.03. The molecule has 1 heterocycles. The van der Waals surface area contributed by atoms with Gasteiger partial charge in [-0.15, -0.1) is 0 Å². The quantitative estimate of drug-likeness (QED) is 0.114. The Balaban J connectivity index is 1.15. The van der Waals surface area contributed by atoms with Crippen LogP contribution < -0.4 is 4.74 Å². The molecule has 0 aliphatic heterocycles. The summed E-state index contributed by atoms with van der Waals surface area (Å²) in [5, 5.41) is 18.8. The van der Waals surface area contributed by atoms with Gasteiger partial charge in [-0.25, -0.2) is 23.4 Å². The lowest BCUT2D eigenvalue weighted by Crippen LogP contribution is -2.35. The highest BCUT2D eigenvalue weighted by molar-refractivity contribution is 5.87. The van der Waals surface area contributed by atoms with Gasteiger partial charge in [0, 0.05) is 24.8 Å². The van der Waals surface area contributed by atoms with E-state index in [9.17, 15) is 28.6 Å². The lowest BCUT2D eigenvalue weighted by molar-refractivity contribution is 0.0682. The van der Waals surface area contributed by atoms with Gasteiger partial charge in [-0.1, -0.05) is 54.6 Å². The second-order valence-electron chi connectivity index (χ2n) is 13.0. The van der Waals surface area contributed by atoms with Crippen LogP contribution in [0.2, 0.25) is 0 Å². The zero-order chi connectivity index (χ0) is 35.7. The number of nitrogens with zero attached hydrogens (tertiary/aromatic N) is 2. The molecule has 5 aromatic rings. The number of hydrogen-bond donors (Lipinski definition) is 2. The molecule has 262 valence electrons. The Morgan fingerprint density at radius 2 is 1.31 bits per heavy atom. The van der Waals surface area contributed by atoms with Crippen LogP contribution in [0, 0.1) is 11.6 Å². The molecule has 0 radical (unpaired) electrons. The number of benzene rings is 4. The number of carbonyl (C=O) groups is 2. The van der Waals surface area contributed by atoms with Gasteiger partial charge in [-0.05, 0) is 127 Å². The number of aromatic carboxylic acids is 2. The summed E-state index contributed by atoms with van der Waals surface area (Å²) in [7, 11) is 0. The van der Waals surface area contributed by atoms with E-state index in [0.717, 1.165) is 59.2 Å². The fraction of sp³-hybridized carbons (Fsp3) is 0.262. The number of aromatic nitrogens is 1. The van der Waals surface area contributed by atoms with Gasteiger partial charge < -0.3 is 14.9 Å². The topological polar surface area (TPSA) is 100.0 Å². The Bertz CT molecular complexity index is 1960. The molecule has 1 atom stereocenters. The molecule has 0 bridgehead atoms. The summed E-state index contributed by atoms with van der Waals surface area (Å²) < 4.78 is 34.1. The Morgan fingerprint density at radius 3 is 2.00 bits per heavy atom. The third-order valence-corrected chi connectivity index (χ3v) is 9.53. The number of aryl methyl sites for hydroxylation is 3. The van der Waals surface area contributed by atoms with Crippen LogP contribution in [0.3, 0.4) is 0 Å². The maximum absolute atomic E-state index is 14.6. The van der Waals surface area contributed by atoms with E-state index in [1.807, 2.05) is 30.3 Å². The third-order valence-electron chi connectivity index (χ3n) is 9.53. The van der Waals surface area contributed by atoms with E-state index in [2.05, 4.69) is 22.0 Å². The number of pyridine rings is 1. The van der Waals surface area contributed by atoms with E-state index < -0.39 is 11.9 Å². The summed E-state index contributed by atoms with van der Waals surface area (Å²) in [6.07, 6.45) is 5.26. The van der Waals surface area contributed by atoms with Gasteiger partial charge in [0.15, 0.2) is 0 Å². The number of hydrogen-bond acceptors (Lipinski definition) is 5. The number of rotatable bonds is 15. The Labute approximate surface area is 296 Å². The highest BCUT2D eigenvalue weighted by Gasteiger charge is 2.28. The molecule has 0 amide bonds. The normalized spacial score (nSPS) is 13.9. The van der Waals surface area contributed by atoms with Crippen molar-refractivity contribution in [3.05, 3.63) is 165 Å². The van der Waals surface area contributed by atoms with Crippen molar-refractivity contribution in [1.82, 2.24) is 9.88 Å². The molecule has 0 saturated carbocycles. The molecule has 4 aromatic carbocycles. The lowest BCUT2D eigenvalue weighted by Gasteiger charge is -2.36. The van der Waals surface area contributed by atoms with Crippen LogP contribution in [0.5, 0.6) is 5.75 Å². The maximum Gasteiger partial charge on any atom is 0.354 e. The second-order valence-corrected chi connectivity index (χ2v) is 13.0. The van der Waals surface area contributed by atoms with Crippen molar-refractivity contribution >= 4 is 11.9 Å². The van der Waals surface area contributed by atoms with E-state index in [4.69, 9.17) is 4.74 Å². The number of fused-ring (bicyclic) bond motifs is 1. The maximum atomic E-state index is 14.6. The largest absolute Gasteiger partial charge is 0.489 e.